The molecule has 20 heavy (non-hydrogen) atoms. The molecule has 1 aromatic carbocycles. The average molecular weight is 304 g/mol. The van der Waals surface area contributed by atoms with Crippen LogP contribution in [0.25, 0.3) is 0 Å². The standard InChI is InChI=1S/C12H20N2O5S/c1-18-8-9(15)5-6-14-20(16,17)12-4-3-10(19-2)7-11(12)13/h3-4,7,9,14-15H,5-6,8,13H2,1-2H3. The van der Waals surface area contributed by atoms with E-state index < -0.39 is 16.1 Å². The number of benzene rings is 1. The Kier molecular flexibility index (Phi) is 6.21. The molecule has 0 fully saturated rings. The van der Waals surface area contributed by atoms with Gasteiger partial charge in [-0.25, -0.2) is 13.1 Å². The fourth-order valence-corrected chi connectivity index (χ4v) is 2.77. The molecule has 0 bridgehead atoms. The summed E-state index contributed by atoms with van der Waals surface area (Å²) in [7, 11) is -0.775. The molecule has 0 heterocycles. The lowest BCUT2D eigenvalue weighted by atomic mass is 10.3. The monoisotopic (exact) mass is 304 g/mol. The molecule has 0 saturated carbocycles. The van der Waals surface area contributed by atoms with E-state index >= 15 is 0 Å². The highest BCUT2D eigenvalue weighted by molar-refractivity contribution is 7.89. The summed E-state index contributed by atoms with van der Waals surface area (Å²) < 4.78 is 36.2. The van der Waals surface area contributed by atoms with Crippen molar-refractivity contribution in [2.75, 3.05) is 33.1 Å². The molecule has 0 spiro atoms. The Balaban J connectivity index is 2.69. The van der Waals surface area contributed by atoms with Crippen LogP contribution in [0.5, 0.6) is 5.75 Å². The van der Waals surface area contributed by atoms with E-state index in [1.165, 1.54) is 32.4 Å². The van der Waals surface area contributed by atoms with Crippen LogP contribution >= 0.6 is 0 Å². The van der Waals surface area contributed by atoms with E-state index in [9.17, 15) is 13.5 Å². The number of hydrogen-bond acceptors (Lipinski definition) is 6. The number of hydrogen-bond donors (Lipinski definition) is 3. The van der Waals surface area contributed by atoms with Crippen LogP contribution in [0.15, 0.2) is 23.1 Å². The van der Waals surface area contributed by atoms with Gasteiger partial charge in [0.25, 0.3) is 0 Å². The first-order valence-corrected chi connectivity index (χ1v) is 7.49. The Morgan fingerprint density at radius 2 is 2.10 bits per heavy atom. The summed E-state index contributed by atoms with van der Waals surface area (Å²) in [4.78, 5) is -0.0143. The highest BCUT2D eigenvalue weighted by Gasteiger charge is 2.18. The molecule has 114 valence electrons. The van der Waals surface area contributed by atoms with Gasteiger partial charge < -0.3 is 20.3 Å². The van der Waals surface area contributed by atoms with Crippen molar-refractivity contribution in [2.24, 2.45) is 0 Å². The van der Waals surface area contributed by atoms with Crippen molar-refractivity contribution < 1.29 is 23.0 Å². The minimum atomic E-state index is -3.71. The normalized spacial score (nSPS) is 13.2. The van der Waals surface area contributed by atoms with Crippen LogP contribution in [0.4, 0.5) is 5.69 Å². The number of aliphatic hydroxyl groups is 1. The van der Waals surface area contributed by atoms with Crippen LogP contribution in [-0.4, -0.2) is 47.0 Å². The molecule has 7 nitrogen and oxygen atoms in total. The van der Waals surface area contributed by atoms with Crippen LogP contribution in [0, 0.1) is 0 Å². The maximum Gasteiger partial charge on any atom is 0.242 e. The number of anilines is 1. The van der Waals surface area contributed by atoms with Gasteiger partial charge in [0.15, 0.2) is 0 Å². The number of ether oxygens (including phenoxy) is 2. The smallest absolute Gasteiger partial charge is 0.242 e. The molecule has 1 aromatic rings. The number of rotatable bonds is 8. The average Bonchev–Trinajstić information content (AvgIpc) is 2.38. The van der Waals surface area contributed by atoms with Crippen LogP contribution in [0.2, 0.25) is 0 Å². The lowest BCUT2D eigenvalue weighted by molar-refractivity contribution is 0.0603. The Hall–Kier alpha value is -1.35. The fraction of sp³-hybridized carbons (Fsp3) is 0.500. The minimum absolute atomic E-state index is 0.0143. The third kappa shape index (κ3) is 4.64. The van der Waals surface area contributed by atoms with Gasteiger partial charge in [0.2, 0.25) is 10.0 Å². The number of methoxy groups -OCH3 is 2. The number of nitrogen functional groups attached to an aromatic ring is 1. The maximum absolute atomic E-state index is 12.0. The molecule has 0 aliphatic carbocycles. The van der Waals surface area contributed by atoms with Crippen LogP contribution < -0.4 is 15.2 Å². The second-order valence-electron chi connectivity index (χ2n) is 4.20. The van der Waals surface area contributed by atoms with Crippen LogP contribution in [0.3, 0.4) is 0 Å². The van der Waals surface area contributed by atoms with Crippen molar-refractivity contribution in [2.45, 2.75) is 17.4 Å². The van der Waals surface area contributed by atoms with Crippen molar-refractivity contribution in [3.05, 3.63) is 18.2 Å². The first-order chi connectivity index (χ1) is 9.40. The van der Waals surface area contributed by atoms with Crippen molar-refractivity contribution in [1.29, 1.82) is 0 Å². The molecule has 0 saturated heterocycles. The highest BCUT2D eigenvalue weighted by Crippen LogP contribution is 2.23. The molecule has 8 heteroatoms. The predicted octanol–water partition coefficient (Wildman–Crippen LogP) is -0.0469. The maximum atomic E-state index is 12.0. The molecule has 0 aliphatic rings. The first-order valence-electron chi connectivity index (χ1n) is 6.01. The largest absolute Gasteiger partial charge is 0.497 e. The fourth-order valence-electron chi connectivity index (χ4n) is 1.61. The summed E-state index contributed by atoms with van der Waals surface area (Å²) in [6.07, 6.45) is -0.459. The SMILES string of the molecule is COCC(O)CCNS(=O)(=O)c1ccc(OC)cc1N. The van der Waals surface area contributed by atoms with Crippen molar-refractivity contribution in [1.82, 2.24) is 4.72 Å². The van der Waals surface area contributed by atoms with Gasteiger partial charge in [0, 0.05) is 19.7 Å². The number of nitrogens with two attached hydrogens (primary N) is 1. The minimum Gasteiger partial charge on any atom is -0.497 e. The topological polar surface area (TPSA) is 111 Å². The Labute approximate surface area is 118 Å². The summed E-state index contributed by atoms with van der Waals surface area (Å²) in [5.41, 5.74) is 5.80. The van der Waals surface area contributed by atoms with Gasteiger partial charge in [-0.2, -0.15) is 0 Å². The van der Waals surface area contributed by atoms with E-state index in [4.69, 9.17) is 15.2 Å². The van der Waals surface area contributed by atoms with E-state index in [0.717, 1.165) is 0 Å². The van der Waals surface area contributed by atoms with Gasteiger partial charge in [-0.1, -0.05) is 0 Å². The summed E-state index contributed by atoms with van der Waals surface area (Å²) in [6.45, 7) is 0.255. The predicted molar refractivity (Wildman–Crippen MR) is 75.1 cm³/mol. The molecule has 0 amide bonds. The number of aliphatic hydroxyl groups excluding tert-OH is 1. The van der Waals surface area contributed by atoms with Crippen molar-refractivity contribution in [3.63, 3.8) is 0 Å². The molecular formula is C12H20N2O5S. The van der Waals surface area contributed by atoms with E-state index in [-0.39, 0.29) is 30.2 Å². The summed E-state index contributed by atoms with van der Waals surface area (Å²) >= 11 is 0. The molecular weight excluding hydrogens is 284 g/mol. The van der Waals surface area contributed by atoms with E-state index in [1.54, 1.807) is 0 Å². The summed E-state index contributed by atoms with van der Waals surface area (Å²) in [6, 6.07) is 4.33. The second kappa shape index (κ2) is 7.44. The molecule has 1 rings (SSSR count). The third-order valence-corrected chi connectivity index (χ3v) is 4.17. The summed E-state index contributed by atoms with van der Waals surface area (Å²) in [5.74, 6) is 0.483. The van der Waals surface area contributed by atoms with E-state index in [0.29, 0.717) is 5.75 Å². The second-order valence-corrected chi connectivity index (χ2v) is 5.93. The Bertz CT molecular complexity index is 533. The Morgan fingerprint density at radius 3 is 2.65 bits per heavy atom. The lowest BCUT2D eigenvalue weighted by Crippen LogP contribution is -2.29. The zero-order valence-corrected chi connectivity index (χ0v) is 12.3. The lowest BCUT2D eigenvalue weighted by Gasteiger charge is -2.12. The van der Waals surface area contributed by atoms with Gasteiger partial charge in [0.05, 0.1) is 25.5 Å². The quantitative estimate of drug-likeness (QED) is 0.581. The molecule has 0 radical (unpaired) electrons. The van der Waals surface area contributed by atoms with Gasteiger partial charge in [-0.15, -0.1) is 0 Å². The van der Waals surface area contributed by atoms with Gasteiger partial charge in [-0.05, 0) is 18.6 Å². The molecule has 0 aliphatic heterocycles. The van der Waals surface area contributed by atoms with Crippen molar-refractivity contribution in [3.8, 4) is 5.75 Å². The summed E-state index contributed by atoms with van der Waals surface area (Å²) in [5, 5.41) is 9.44. The van der Waals surface area contributed by atoms with Crippen molar-refractivity contribution >= 4 is 15.7 Å². The zero-order valence-electron chi connectivity index (χ0n) is 11.5. The van der Waals surface area contributed by atoms with Gasteiger partial charge in [0.1, 0.15) is 10.6 Å². The van der Waals surface area contributed by atoms with E-state index in [2.05, 4.69) is 4.72 Å². The third-order valence-electron chi connectivity index (χ3n) is 2.64. The molecule has 1 atom stereocenters. The molecule has 0 aromatic heterocycles. The highest BCUT2D eigenvalue weighted by atomic mass is 32.2. The van der Waals surface area contributed by atoms with Gasteiger partial charge >= 0.3 is 0 Å². The number of sulfonamides is 1. The van der Waals surface area contributed by atoms with Gasteiger partial charge in [-0.3, -0.25) is 0 Å². The zero-order chi connectivity index (χ0) is 15.2. The number of nitrogens with one attached hydrogen (secondary N) is 1. The van der Waals surface area contributed by atoms with Crippen LogP contribution in [-0.2, 0) is 14.8 Å². The van der Waals surface area contributed by atoms with Crippen LogP contribution in [0.1, 0.15) is 6.42 Å². The Morgan fingerprint density at radius 1 is 1.40 bits per heavy atom. The molecule has 4 N–H and O–H groups in total. The van der Waals surface area contributed by atoms with E-state index in [1.807, 2.05) is 0 Å². The first kappa shape index (κ1) is 16.7. The molecule has 1 unspecified atom stereocenters.